The molecule has 3 heterocycles. The molecule has 129 valence electrons. The number of hydrogen-bond donors (Lipinski definition) is 1. The van der Waals surface area contributed by atoms with Gasteiger partial charge in [0.05, 0.1) is 10.9 Å². The van der Waals surface area contributed by atoms with E-state index < -0.39 is 0 Å². The zero-order valence-corrected chi connectivity index (χ0v) is 17.1. The molecule has 4 aromatic rings. The van der Waals surface area contributed by atoms with E-state index in [1.807, 2.05) is 12.3 Å². The standard InChI is InChI=1S/C21H20N2O.Ir/c1-20(2)14-9-5-8-13-12-7-6-10-15(24)17(12)19-22-11-16(21(20,3)4)23(19)18(13)14;/h5-11,24H,1-4H3;. The van der Waals surface area contributed by atoms with Gasteiger partial charge in [-0.05, 0) is 17.0 Å². The van der Waals surface area contributed by atoms with Crippen LogP contribution in [0.2, 0.25) is 0 Å². The predicted molar refractivity (Wildman–Crippen MR) is 97.9 cm³/mol. The summed E-state index contributed by atoms with van der Waals surface area (Å²) in [5, 5.41) is 13.6. The molecule has 0 amide bonds. The van der Waals surface area contributed by atoms with Gasteiger partial charge in [-0.15, -0.1) is 0 Å². The molecule has 5 rings (SSSR count). The quantitative estimate of drug-likeness (QED) is 0.343. The van der Waals surface area contributed by atoms with Crippen molar-refractivity contribution in [2.24, 2.45) is 0 Å². The number of rotatable bonds is 0. The summed E-state index contributed by atoms with van der Waals surface area (Å²) in [7, 11) is 0. The number of aromatic nitrogens is 2. The van der Waals surface area contributed by atoms with E-state index in [4.69, 9.17) is 4.98 Å². The first-order valence-electron chi connectivity index (χ1n) is 8.40. The van der Waals surface area contributed by atoms with Gasteiger partial charge >= 0.3 is 0 Å². The maximum absolute atomic E-state index is 10.5. The third-order valence-electron chi connectivity index (χ3n) is 6.45. The van der Waals surface area contributed by atoms with Crippen molar-refractivity contribution in [2.45, 2.75) is 38.5 Å². The molecule has 0 aliphatic carbocycles. The minimum Gasteiger partial charge on any atom is -0.507 e. The van der Waals surface area contributed by atoms with E-state index >= 15 is 0 Å². The number of imidazole rings is 1. The number of pyridine rings is 1. The Morgan fingerprint density at radius 1 is 0.920 bits per heavy atom. The molecule has 1 N–H and O–H groups in total. The summed E-state index contributed by atoms with van der Waals surface area (Å²) in [5.41, 5.74) is 4.54. The number of hydrogen-bond acceptors (Lipinski definition) is 2. The average molecular weight is 509 g/mol. The summed E-state index contributed by atoms with van der Waals surface area (Å²) in [5.74, 6) is 0.291. The minimum absolute atomic E-state index is 0. The van der Waals surface area contributed by atoms with Gasteiger partial charge in [-0.1, -0.05) is 58.0 Å². The second-order valence-corrected chi connectivity index (χ2v) is 7.95. The van der Waals surface area contributed by atoms with E-state index in [2.05, 4.69) is 56.4 Å². The van der Waals surface area contributed by atoms with Gasteiger partial charge in [0.15, 0.2) is 0 Å². The van der Waals surface area contributed by atoms with Crippen LogP contribution in [0.15, 0.2) is 42.6 Å². The van der Waals surface area contributed by atoms with Crippen molar-refractivity contribution in [2.75, 3.05) is 0 Å². The molecule has 0 spiro atoms. The van der Waals surface area contributed by atoms with Crippen LogP contribution in [0.25, 0.3) is 27.3 Å². The number of fused-ring (bicyclic) bond motifs is 3. The summed E-state index contributed by atoms with van der Waals surface area (Å²) in [6.07, 6.45) is 1.98. The van der Waals surface area contributed by atoms with Crippen molar-refractivity contribution in [3.05, 3.63) is 53.9 Å². The van der Waals surface area contributed by atoms with Gasteiger partial charge in [-0.3, -0.25) is 4.40 Å². The normalized spacial score (nSPS) is 17.3. The number of phenolic OH excluding ortho intramolecular Hbond substituents is 1. The van der Waals surface area contributed by atoms with Gasteiger partial charge in [0.25, 0.3) is 0 Å². The van der Waals surface area contributed by atoms with Crippen LogP contribution < -0.4 is 0 Å². The summed E-state index contributed by atoms with van der Waals surface area (Å²) < 4.78 is 2.26. The maximum Gasteiger partial charge on any atom is 0.149 e. The molecule has 1 aliphatic rings. The molecule has 3 nitrogen and oxygen atoms in total. The Hall–Kier alpha value is -1.90. The van der Waals surface area contributed by atoms with E-state index in [1.165, 1.54) is 22.2 Å². The summed E-state index contributed by atoms with van der Waals surface area (Å²) in [6.45, 7) is 9.20. The Bertz CT molecular complexity index is 1170. The molecular formula is C21H20IrN2O. The topological polar surface area (TPSA) is 37.5 Å². The fraction of sp³-hybridized carbons (Fsp3) is 0.286. The molecule has 0 atom stereocenters. The Labute approximate surface area is 160 Å². The van der Waals surface area contributed by atoms with E-state index in [0.29, 0.717) is 5.75 Å². The van der Waals surface area contributed by atoms with Crippen molar-refractivity contribution in [1.29, 1.82) is 0 Å². The number of aromatic hydroxyl groups is 1. The monoisotopic (exact) mass is 509 g/mol. The Balaban J connectivity index is 0.00000157. The zero-order chi connectivity index (χ0) is 16.9. The van der Waals surface area contributed by atoms with Crippen LogP contribution >= 0.6 is 0 Å². The van der Waals surface area contributed by atoms with Crippen LogP contribution in [0.4, 0.5) is 0 Å². The van der Waals surface area contributed by atoms with Gasteiger partial charge in [-0.25, -0.2) is 4.98 Å². The van der Waals surface area contributed by atoms with E-state index in [1.54, 1.807) is 6.07 Å². The van der Waals surface area contributed by atoms with Crippen LogP contribution in [0.1, 0.15) is 39.0 Å². The Morgan fingerprint density at radius 2 is 1.60 bits per heavy atom. The Morgan fingerprint density at radius 3 is 2.36 bits per heavy atom. The SMILES string of the molecule is CC1(C)c2cccc3c4cccc(O)c4c4ncc(n4c23)C1(C)C.[Ir]. The number of phenols is 1. The third kappa shape index (κ3) is 1.72. The first-order chi connectivity index (χ1) is 11.4. The smallest absolute Gasteiger partial charge is 0.149 e. The van der Waals surface area contributed by atoms with Crippen LogP contribution in [-0.2, 0) is 30.9 Å². The summed E-state index contributed by atoms with van der Waals surface area (Å²) >= 11 is 0. The molecule has 2 aromatic carbocycles. The van der Waals surface area contributed by atoms with Crippen molar-refractivity contribution in [1.82, 2.24) is 9.38 Å². The van der Waals surface area contributed by atoms with Crippen molar-refractivity contribution >= 4 is 27.3 Å². The predicted octanol–water partition coefficient (Wildman–Crippen LogP) is 4.91. The van der Waals surface area contributed by atoms with Gasteiger partial charge in [0.1, 0.15) is 11.4 Å². The van der Waals surface area contributed by atoms with Gasteiger partial charge in [-0.2, -0.15) is 0 Å². The van der Waals surface area contributed by atoms with Crippen LogP contribution in [0.3, 0.4) is 0 Å². The summed E-state index contributed by atoms with van der Waals surface area (Å²) in [6, 6.07) is 12.2. The molecule has 2 aromatic heterocycles. The average Bonchev–Trinajstić information content (AvgIpc) is 2.99. The second kappa shape index (κ2) is 4.84. The van der Waals surface area contributed by atoms with Crippen molar-refractivity contribution in [3.8, 4) is 5.75 Å². The molecule has 0 bridgehead atoms. The first-order valence-corrected chi connectivity index (χ1v) is 8.40. The van der Waals surface area contributed by atoms with Crippen molar-refractivity contribution < 1.29 is 25.2 Å². The number of benzene rings is 2. The largest absolute Gasteiger partial charge is 0.507 e. The van der Waals surface area contributed by atoms with Crippen LogP contribution in [-0.4, -0.2) is 14.5 Å². The fourth-order valence-corrected chi connectivity index (χ4v) is 4.36. The molecule has 0 fully saturated rings. The minimum atomic E-state index is -0.0637. The molecule has 1 radical (unpaired) electrons. The van der Waals surface area contributed by atoms with Crippen molar-refractivity contribution in [3.63, 3.8) is 0 Å². The first kappa shape index (κ1) is 16.6. The molecule has 25 heavy (non-hydrogen) atoms. The Kier molecular flexibility index (Phi) is 3.20. The zero-order valence-electron chi connectivity index (χ0n) is 14.7. The number of para-hydroxylation sites is 1. The van der Waals surface area contributed by atoms with E-state index in [9.17, 15) is 5.11 Å². The van der Waals surface area contributed by atoms with Crippen LogP contribution in [0.5, 0.6) is 5.75 Å². The molecule has 1 aliphatic heterocycles. The molecule has 4 heteroatoms. The molecule has 0 saturated heterocycles. The summed E-state index contributed by atoms with van der Waals surface area (Å²) in [4.78, 5) is 4.73. The van der Waals surface area contributed by atoms with Gasteiger partial charge in [0, 0.05) is 48.2 Å². The molecule has 0 unspecified atom stereocenters. The third-order valence-corrected chi connectivity index (χ3v) is 6.45. The van der Waals surface area contributed by atoms with E-state index in [0.717, 1.165) is 16.4 Å². The van der Waals surface area contributed by atoms with E-state index in [-0.39, 0.29) is 30.9 Å². The van der Waals surface area contributed by atoms with Gasteiger partial charge < -0.3 is 5.11 Å². The maximum atomic E-state index is 10.5. The molecular weight excluding hydrogens is 488 g/mol. The van der Waals surface area contributed by atoms with Crippen LogP contribution in [0, 0.1) is 0 Å². The van der Waals surface area contributed by atoms with Gasteiger partial charge in [0.2, 0.25) is 0 Å². The second-order valence-electron chi connectivity index (χ2n) is 7.95. The number of nitrogens with zero attached hydrogens (tertiary/aromatic N) is 2. The fourth-order valence-electron chi connectivity index (χ4n) is 4.36. The molecule has 0 saturated carbocycles.